The van der Waals surface area contributed by atoms with E-state index in [9.17, 15) is 0 Å². The minimum atomic E-state index is -0.0289. The highest BCUT2D eigenvalue weighted by atomic mass is 79.9. The Balaban J connectivity index is 1.87. The van der Waals surface area contributed by atoms with Crippen molar-refractivity contribution >= 4 is 32.5 Å². The number of halogens is 1. The molecular weight excluding hydrogens is 348 g/mol. The summed E-state index contributed by atoms with van der Waals surface area (Å²) in [5, 5.41) is 10.3. The molecule has 0 radical (unpaired) electrons. The van der Waals surface area contributed by atoms with E-state index in [4.69, 9.17) is 9.47 Å². The lowest BCUT2D eigenvalue weighted by molar-refractivity contribution is -0.0372. The highest BCUT2D eigenvalue weighted by molar-refractivity contribution is 9.10. The van der Waals surface area contributed by atoms with Gasteiger partial charge in [0.1, 0.15) is 10.4 Å². The maximum Gasteiger partial charge on any atom is 0.184 e. The van der Waals surface area contributed by atoms with Crippen LogP contribution < -0.4 is 4.74 Å². The van der Waals surface area contributed by atoms with Crippen molar-refractivity contribution in [2.45, 2.75) is 32.4 Å². The molecule has 4 rings (SSSR count). The Morgan fingerprint density at radius 2 is 2.27 bits per heavy atom. The zero-order chi connectivity index (χ0) is 15.1. The van der Waals surface area contributed by atoms with Gasteiger partial charge in [0.05, 0.1) is 23.7 Å². The number of fused-ring (bicyclic) bond motifs is 3. The van der Waals surface area contributed by atoms with E-state index in [2.05, 4.69) is 26.1 Å². The molecule has 1 aliphatic rings. The second-order valence-corrected chi connectivity index (χ2v) is 6.13. The molecular formula is C15H17BrN4O2. The molecule has 3 aromatic heterocycles. The Kier molecular flexibility index (Phi) is 3.54. The van der Waals surface area contributed by atoms with Crippen molar-refractivity contribution in [1.82, 2.24) is 19.4 Å². The summed E-state index contributed by atoms with van der Waals surface area (Å²) in [4.78, 5) is 0. The van der Waals surface area contributed by atoms with Crippen LogP contribution in [0.3, 0.4) is 0 Å². The Labute approximate surface area is 136 Å². The number of aromatic nitrogens is 4. The van der Waals surface area contributed by atoms with Gasteiger partial charge >= 0.3 is 0 Å². The van der Waals surface area contributed by atoms with E-state index in [-0.39, 0.29) is 6.23 Å². The van der Waals surface area contributed by atoms with Crippen LogP contribution in [0.5, 0.6) is 5.75 Å². The van der Waals surface area contributed by atoms with E-state index in [1.807, 2.05) is 34.5 Å². The summed E-state index contributed by atoms with van der Waals surface area (Å²) < 4.78 is 15.9. The smallest absolute Gasteiger partial charge is 0.184 e. The molecule has 0 aliphatic carbocycles. The van der Waals surface area contributed by atoms with E-state index in [0.29, 0.717) is 6.61 Å². The normalized spacial score (nSPS) is 19.1. The van der Waals surface area contributed by atoms with Crippen molar-refractivity contribution in [1.29, 1.82) is 0 Å². The van der Waals surface area contributed by atoms with Crippen molar-refractivity contribution < 1.29 is 9.47 Å². The number of rotatable bonds is 3. The third-order valence-electron chi connectivity index (χ3n) is 3.94. The van der Waals surface area contributed by atoms with E-state index in [0.717, 1.165) is 52.8 Å². The van der Waals surface area contributed by atoms with E-state index in [1.54, 1.807) is 0 Å². The fourth-order valence-electron chi connectivity index (χ4n) is 2.94. The second kappa shape index (κ2) is 5.55. The molecule has 0 aromatic carbocycles. The van der Waals surface area contributed by atoms with E-state index in [1.165, 1.54) is 0 Å². The molecule has 1 fully saturated rings. The molecule has 0 saturated carbocycles. The topological polar surface area (TPSA) is 53.6 Å². The molecule has 3 aromatic rings. The predicted octanol–water partition coefficient (Wildman–Crippen LogP) is 3.54. The quantitative estimate of drug-likeness (QED) is 0.713. The molecule has 0 bridgehead atoms. The minimum Gasteiger partial charge on any atom is -0.492 e. The van der Waals surface area contributed by atoms with Crippen molar-refractivity contribution in [2.24, 2.45) is 0 Å². The molecule has 1 atom stereocenters. The van der Waals surface area contributed by atoms with Crippen LogP contribution >= 0.6 is 15.9 Å². The third-order valence-corrected chi connectivity index (χ3v) is 4.50. The molecule has 22 heavy (non-hydrogen) atoms. The average Bonchev–Trinajstić information content (AvgIpc) is 3.06. The molecule has 116 valence electrons. The Hall–Kier alpha value is -1.60. The zero-order valence-electron chi connectivity index (χ0n) is 12.3. The van der Waals surface area contributed by atoms with E-state index >= 15 is 0 Å². The van der Waals surface area contributed by atoms with Crippen LogP contribution in [0.4, 0.5) is 0 Å². The first-order valence-corrected chi connectivity index (χ1v) is 8.37. The number of hydrogen-bond acceptors (Lipinski definition) is 4. The molecule has 6 nitrogen and oxygen atoms in total. The summed E-state index contributed by atoms with van der Waals surface area (Å²) in [6.07, 6.45) is 5.12. The molecule has 7 heteroatoms. The third kappa shape index (κ3) is 2.19. The molecule has 0 amide bonds. The van der Waals surface area contributed by atoms with Gasteiger partial charge < -0.3 is 9.47 Å². The summed E-state index contributed by atoms with van der Waals surface area (Å²) in [7, 11) is 0. The first kappa shape index (κ1) is 14.0. The van der Waals surface area contributed by atoms with Crippen LogP contribution in [0, 0.1) is 0 Å². The minimum absolute atomic E-state index is 0.0289. The van der Waals surface area contributed by atoms with Crippen molar-refractivity contribution in [2.75, 3.05) is 13.2 Å². The number of nitrogens with zero attached hydrogens (tertiary/aromatic N) is 4. The highest BCUT2D eigenvalue weighted by Crippen LogP contribution is 2.32. The van der Waals surface area contributed by atoms with Gasteiger partial charge in [0.25, 0.3) is 0 Å². The van der Waals surface area contributed by atoms with Crippen LogP contribution in [0.15, 0.2) is 22.9 Å². The van der Waals surface area contributed by atoms with Crippen LogP contribution in [-0.4, -0.2) is 32.6 Å². The van der Waals surface area contributed by atoms with Gasteiger partial charge in [-0.1, -0.05) is 0 Å². The van der Waals surface area contributed by atoms with E-state index < -0.39 is 0 Å². The largest absolute Gasteiger partial charge is 0.492 e. The van der Waals surface area contributed by atoms with Crippen molar-refractivity contribution in [3.8, 4) is 5.75 Å². The average molecular weight is 365 g/mol. The number of hydrogen-bond donors (Lipinski definition) is 0. The lowest BCUT2D eigenvalue weighted by Gasteiger charge is -2.22. The van der Waals surface area contributed by atoms with Crippen LogP contribution in [-0.2, 0) is 4.74 Å². The van der Waals surface area contributed by atoms with Gasteiger partial charge in [-0.3, -0.25) is 0 Å². The lowest BCUT2D eigenvalue weighted by Crippen LogP contribution is -2.19. The van der Waals surface area contributed by atoms with Gasteiger partial charge in [0.15, 0.2) is 11.9 Å². The molecule has 4 heterocycles. The molecule has 1 aliphatic heterocycles. The summed E-state index contributed by atoms with van der Waals surface area (Å²) in [5.74, 6) is 0.810. The van der Waals surface area contributed by atoms with Crippen LogP contribution in [0.2, 0.25) is 0 Å². The Bertz CT molecular complexity index is 820. The lowest BCUT2D eigenvalue weighted by atomic mass is 10.2. The molecule has 1 unspecified atom stereocenters. The highest BCUT2D eigenvalue weighted by Gasteiger charge is 2.23. The monoisotopic (exact) mass is 364 g/mol. The number of ether oxygens (including phenoxy) is 2. The summed E-state index contributed by atoms with van der Waals surface area (Å²) in [6, 6.07) is 3.97. The summed E-state index contributed by atoms with van der Waals surface area (Å²) >= 11 is 3.56. The SMILES string of the molecule is CCOc1ccc2c3c(Br)nn(C4CCCCO4)c3nn2c1. The molecule has 0 N–H and O–H groups in total. The fourth-order valence-corrected chi connectivity index (χ4v) is 3.49. The van der Waals surface area contributed by atoms with Crippen LogP contribution in [0.25, 0.3) is 16.6 Å². The van der Waals surface area contributed by atoms with Gasteiger partial charge in [-0.15, -0.1) is 5.10 Å². The van der Waals surface area contributed by atoms with Gasteiger partial charge in [0.2, 0.25) is 0 Å². The van der Waals surface area contributed by atoms with Gasteiger partial charge in [-0.25, -0.2) is 9.20 Å². The summed E-state index contributed by atoms with van der Waals surface area (Å²) in [5.41, 5.74) is 1.85. The standard InChI is InChI=1S/C15H17BrN4O2/c1-2-21-10-6-7-11-13-14(16)17-20(12-5-3-4-8-22-12)15(13)18-19(11)9-10/h6-7,9,12H,2-5,8H2,1H3. The Morgan fingerprint density at radius 3 is 3.05 bits per heavy atom. The fraction of sp³-hybridized carbons (Fsp3) is 0.467. The molecule has 0 spiro atoms. The predicted molar refractivity (Wildman–Crippen MR) is 86.2 cm³/mol. The van der Waals surface area contributed by atoms with Crippen molar-refractivity contribution in [3.05, 3.63) is 22.9 Å². The maximum atomic E-state index is 5.85. The first-order valence-electron chi connectivity index (χ1n) is 7.58. The van der Waals surface area contributed by atoms with Gasteiger partial charge in [0, 0.05) is 6.61 Å². The van der Waals surface area contributed by atoms with Crippen molar-refractivity contribution in [3.63, 3.8) is 0 Å². The van der Waals surface area contributed by atoms with Gasteiger partial charge in [-0.05, 0) is 54.2 Å². The zero-order valence-corrected chi connectivity index (χ0v) is 13.9. The first-order chi connectivity index (χ1) is 10.8. The van der Waals surface area contributed by atoms with Crippen LogP contribution in [0.1, 0.15) is 32.4 Å². The Morgan fingerprint density at radius 1 is 1.36 bits per heavy atom. The van der Waals surface area contributed by atoms with Gasteiger partial charge in [-0.2, -0.15) is 5.10 Å². The number of pyridine rings is 1. The maximum absolute atomic E-state index is 5.85. The summed E-state index contributed by atoms with van der Waals surface area (Å²) in [6.45, 7) is 3.39. The second-order valence-electron chi connectivity index (χ2n) is 5.38. The molecule has 1 saturated heterocycles.